The number of ether oxygens (including phenoxy) is 2. The number of carbonyl (C=O) groups is 1. The van der Waals surface area contributed by atoms with E-state index in [0.717, 1.165) is 91.1 Å². The largest absolute Gasteiger partial charge is 0.472 e. The number of pyridine rings is 1. The predicted octanol–water partition coefficient (Wildman–Crippen LogP) is 5.16. The van der Waals surface area contributed by atoms with Gasteiger partial charge in [0.05, 0.1) is 35.3 Å². The standard InChI is InChI=1S/C30H32FN4O3PS/c1-2-19-3-4-21(24(31)13-19)18-38-29-27(39)6-5-25(32-29)20-7-10-34(11-8-20)16-28-33-30-26(14-23(17-36)40-30)35(28)15-22-9-12-37-22/h3-7,13-14,17,22H,2,8-12,15-16,18,39H2,1H3. The lowest BCUT2D eigenvalue weighted by atomic mass is 10.0. The van der Waals surface area contributed by atoms with Crippen LogP contribution in [0.25, 0.3) is 15.9 Å². The van der Waals surface area contributed by atoms with E-state index in [0.29, 0.717) is 16.3 Å². The summed E-state index contributed by atoms with van der Waals surface area (Å²) in [6, 6.07) is 11.2. The minimum absolute atomic E-state index is 0.130. The van der Waals surface area contributed by atoms with Gasteiger partial charge >= 0.3 is 0 Å². The predicted molar refractivity (Wildman–Crippen MR) is 159 cm³/mol. The maximum absolute atomic E-state index is 14.4. The summed E-state index contributed by atoms with van der Waals surface area (Å²) in [5.41, 5.74) is 4.56. The Morgan fingerprint density at radius 2 is 2.12 bits per heavy atom. The van der Waals surface area contributed by atoms with Crippen molar-refractivity contribution in [3.05, 3.63) is 75.8 Å². The van der Waals surface area contributed by atoms with Gasteiger partial charge in [0.15, 0.2) is 6.29 Å². The zero-order valence-electron chi connectivity index (χ0n) is 22.4. The molecule has 0 radical (unpaired) electrons. The number of thiophene rings is 1. The highest BCUT2D eigenvalue weighted by molar-refractivity contribution is 7.27. The molecule has 0 spiro atoms. The van der Waals surface area contributed by atoms with Crippen molar-refractivity contribution in [2.24, 2.45) is 0 Å². The van der Waals surface area contributed by atoms with Crippen LogP contribution in [0.2, 0.25) is 0 Å². The fourth-order valence-corrected chi connectivity index (χ4v) is 6.21. The van der Waals surface area contributed by atoms with Crippen molar-refractivity contribution in [2.75, 3.05) is 19.7 Å². The van der Waals surface area contributed by atoms with Crippen LogP contribution in [0, 0.1) is 5.82 Å². The molecule has 0 aliphatic carbocycles. The molecule has 1 saturated heterocycles. The first-order valence-corrected chi connectivity index (χ1v) is 15.0. The second-order valence-corrected chi connectivity index (χ2v) is 11.9. The van der Waals surface area contributed by atoms with Gasteiger partial charge in [-0.3, -0.25) is 9.69 Å². The van der Waals surface area contributed by atoms with Crippen LogP contribution in [-0.4, -0.2) is 51.5 Å². The highest BCUT2D eigenvalue weighted by atomic mass is 32.1. The van der Waals surface area contributed by atoms with Gasteiger partial charge in [-0.2, -0.15) is 0 Å². The second kappa shape index (κ2) is 11.9. The van der Waals surface area contributed by atoms with Gasteiger partial charge in [-0.25, -0.2) is 14.4 Å². The molecule has 10 heteroatoms. The third-order valence-electron chi connectivity index (χ3n) is 7.61. The smallest absolute Gasteiger partial charge is 0.221 e. The van der Waals surface area contributed by atoms with E-state index in [1.807, 2.05) is 31.2 Å². The number of aldehydes is 1. The average Bonchev–Trinajstić information content (AvgIpc) is 3.48. The molecule has 2 unspecified atom stereocenters. The Bertz CT molecular complexity index is 1580. The van der Waals surface area contributed by atoms with Crippen molar-refractivity contribution in [1.29, 1.82) is 0 Å². The summed E-state index contributed by atoms with van der Waals surface area (Å²) >= 11 is 1.44. The van der Waals surface area contributed by atoms with Crippen molar-refractivity contribution < 1.29 is 18.7 Å². The van der Waals surface area contributed by atoms with E-state index in [4.69, 9.17) is 19.4 Å². The van der Waals surface area contributed by atoms with Crippen molar-refractivity contribution in [3.8, 4) is 5.88 Å². The maximum Gasteiger partial charge on any atom is 0.221 e. The molecule has 6 rings (SSSR count). The van der Waals surface area contributed by atoms with Crippen LogP contribution in [0.1, 0.15) is 52.1 Å². The zero-order chi connectivity index (χ0) is 27.6. The molecule has 0 bridgehead atoms. The summed E-state index contributed by atoms with van der Waals surface area (Å²) in [6.07, 6.45) is 6.01. The highest BCUT2D eigenvalue weighted by Crippen LogP contribution is 2.29. The molecule has 2 aliphatic rings. The maximum atomic E-state index is 14.4. The molecule has 208 valence electrons. The minimum atomic E-state index is -0.249. The Balaban J connectivity index is 1.13. The molecular weight excluding hydrogens is 546 g/mol. The average molecular weight is 579 g/mol. The number of hydrogen-bond acceptors (Lipinski definition) is 7. The number of aryl methyl sites for hydroxylation is 1. The molecule has 0 saturated carbocycles. The number of halogens is 1. The SMILES string of the molecule is CCc1ccc(COc2nc(C3=CCN(Cc4nc5sc(C=O)cc5n4CC4CCO4)CC3)ccc2P)c(F)c1. The monoisotopic (exact) mass is 578 g/mol. The summed E-state index contributed by atoms with van der Waals surface area (Å²) < 4.78 is 28.3. The number of carbonyl (C=O) groups excluding carboxylic acids is 1. The van der Waals surface area contributed by atoms with Crippen LogP contribution in [-0.2, 0) is 30.9 Å². The Hall–Kier alpha value is -2.97. The Morgan fingerprint density at radius 3 is 2.83 bits per heavy atom. The molecule has 4 aromatic rings. The van der Waals surface area contributed by atoms with Gasteiger partial charge in [-0.1, -0.05) is 34.4 Å². The highest BCUT2D eigenvalue weighted by Gasteiger charge is 2.24. The van der Waals surface area contributed by atoms with E-state index in [2.05, 4.69) is 24.8 Å². The first-order valence-electron chi connectivity index (χ1n) is 13.6. The summed E-state index contributed by atoms with van der Waals surface area (Å²) in [7, 11) is 2.65. The Morgan fingerprint density at radius 1 is 1.25 bits per heavy atom. The molecular formula is C30H32FN4O3PS. The van der Waals surface area contributed by atoms with Crippen molar-refractivity contribution in [1.82, 2.24) is 19.4 Å². The van der Waals surface area contributed by atoms with E-state index in [1.165, 1.54) is 16.9 Å². The molecule has 1 aromatic carbocycles. The molecule has 0 N–H and O–H groups in total. The number of aromatic nitrogens is 3. The van der Waals surface area contributed by atoms with E-state index in [9.17, 15) is 9.18 Å². The van der Waals surface area contributed by atoms with Gasteiger partial charge in [0.1, 0.15) is 23.1 Å². The third kappa shape index (κ3) is 5.75. The Labute approximate surface area is 239 Å². The minimum Gasteiger partial charge on any atom is -0.472 e. The lowest BCUT2D eigenvalue weighted by Gasteiger charge is -2.29. The van der Waals surface area contributed by atoms with Crippen molar-refractivity contribution in [2.45, 2.75) is 52.0 Å². The van der Waals surface area contributed by atoms with Crippen LogP contribution >= 0.6 is 20.6 Å². The van der Waals surface area contributed by atoms with Crippen LogP contribution in [0.5, 0.6) is 5.88 Å². The number of benzene rings is 1. The number of imidazole rings is 1. The normalized spacial score (nSPS) is 17.6. The van der Waals surface area contributed by atoms with Crippen molar-refractivity contribution in [3.63, 3.8) is 0 Å². The first-order chi connectivity index (χ1) is 19.5. The quantitative estimate of drug-likeness (QED) is 0.191. The molecule has 0 amide bonds. The second-order valence-electron chi connectivity index (χ2n) is 10.3. The molecule has 1 fully saturated rings. The fraction of sp³-hybridized carbons (Fsp3) is 0.367. The lowest BCUT2D eigenvalue weighted by Crippen LogP contribution is -2.33. The lowest BCUT2D eigenvalue weighted by molar-refractivity contribution is -0.0591. The molecule has 7 nitrogen and oxygen atoms in total. The summed E-state index contributed by atoms with van der Waals surface area (Å²) in [5.74, 6) is 1.26. The third-order valence-corrected chi connectivity index (χ3v) is 8.99. The molecule has 5 heterocycles. The van der Waals surface area contributed by atoms with Gasteiger partial charge in [-0.15, -0.1) is 11.3 Å². The van der Waals surface area contributed by atoms with Crippen LogP contribution in [0.3, 0.4) is 0 Å². The molecule has 40 heavy (non-hydrogen) atoms. The van der Waals surface area contributed by atoms with Crippen LogP contribution in [0.4, 0.5) is 4.39 Å². The van der Waals surface area contributed by atoms with Gasteiger partial charge in [0.2, 0.25) is 5.88 Å². The van der Waals surface area contributed by atoms with E-state index in [1.54, 1.807) is 12.1 Å². The molecule has 3 aromatic heterocycles. The Kier molecular flexibility index (Phi) is 8.08. The molecule has 2 atom stereocenters. The number of nitrogens with zero attached hydrogens (tertiary/aromatic N) is 4. The zero-order valence-corrected chi connectivity index (χ0v) is 24.4. The van der Waals surface area contributed by atoms with Gasteiger partial charge < -0.3 is 14.0 Å². The van der Waals surface area contributed by atoms with E-state index in [-0.39, 0.29) is 18.5 Å². The van der Waals surface area contributed by atoms with E-state index >= 15 is 0 Å². The number of hydrogen-bond donors (Lipinski definition) is 0. The summed E-state index contributed by atoms with van der Waals surface area (Å²) in [4.78, 5) is 24.9. The van der Waals surface area contributed by atoms with Crippen LogP contribution < -0.4 is 10.0 Å². The van der Waals surface area contributed by atoms with Gasteiger partial charge in [0, 0.05) is 30.6 Å². The van der Waals surface area contributed by atoms with E-state index < -0.39 is 0 Å². The molecule has 2 aliphatic heterocycles. The number of rotatable bonds is 10. The van der Waals surface area contributed by atoms with Gasteiger partial charge in [-0.05, 0) is 54.7 Å². The summed E-state index contributed by atoms with van der Waals surface area (Å²) in [6.45, 7) is 6.09. The van der Waals surface area contributed by atoms with Crippen LogP contribution in [0.15, 0.2) is 42.5 Å². The topological polar surface area (TPSA) is 69.5 Å². The van der Waals surface area contributed by atoms with Crippen molar-refractivity contribution >= 4 is 48.1 Å². The number of fused-ring (bicyclic) bond motifs is 1. The summed E-state index contributed by atoms with van der Waals surface area (Å²) in [5, 5.41) is 0.840. The fourth-order valence-electron chi connectivity index (χ4n) is 5.10. The van der Waals surface area contributed by atoms with Gasteiger partial charge in [0.25, 0.3) is 0 Å². The first kappa shape index (κ1) is 27.2.